The Morgan fingerprint density at radius 1 is 1.20 bits per heavy atom. The van der Waals surface area contributed by atoms with E-state index < -0.39 is 11.9 Å². The first kappa shape index (κ1) is 14.4. The molecule has 5 heteroatoms. The Morgan fingerprint density at radius 3 is 2.50 bits per heavy atom. The molecule has 0 saturated carbocycles. The SMILES string of the molecule is O=C(N[C@@H](CO)c1ccccc1)c1ccc(Cl)cc1O. The van der Waals surface area contributed by atoms with Crippen LogP contribution in [0.3, 0.4) is 0 Å². The van der Waals surface area contributed by atoms with Gasteiger partial charge in [-0.15, -0.1) is 0 Å². The van der Waals surface area contributed by atoms with Crippen molar-refractivity contribution in [3.05, 3.63) is 64.7 Å². The van der Waals surface area contributed by atoms with Gasteiger partial charge in [-0.05, 0) is 23.8 Å². The first-order valence-corrected chi connectivity index (χ1v) is 6.45. The standard InChI is InChI=1S/C15H14ClNO3/c16-11-6-7-12(14(19)8-11)15(20)17-13(9-18)10-4-2-1-3-5-10/h1-8,13,18-19H,9H2,(H,17,20)/t13-/m0/s1. The lowest BCUT2D eigenvalue weighted by Crippen LogP contribution is -2.30. The maximum absolute atomic E-state index is 12.1. The van der Waals surface area contributed by atoms with E-state index in [1.54, 1.807) is 0 Å². The smallest absolute Gasteiger partial charge is 0.255 e. The first-order valence-electron chi connectivity index (χ1n) is 6.07. The Balaban J connectivity index is 2.17. The van der Waals surface area contributed by atoms with Gasteiger partial charge in [0.05, 0.1) is 18.2 Å². The number of aliphatic hydroxyl groups is 1. The van der Waals surface area contributed by atoms with Crippen molar-refractivity contribution in [2.45, 2.75) is 6.04 Å². The van der Waals surface area contributed by atoms with Gasteiger partial charge in [-0.3, -0.25) is 4.79 Å². The Kier molecular flexibility index (Phi) is 4.61. The Bertz CT molecular complexity index is 601. The molecule has 0 aliphatic carbocycles. The second-order valence-corrected chi connectivity index (χ2v) is 4.72. The second kappa shape index (κ2) is 6.41. The molecule has 4 nitrogen and oxygen atoms in total. The van der Waals surface area contributed by atoms with Crippen molar-refractivity contribution in [1.82, 2.24) is 5.32 Å². The Labute approximate surface area is 121 Å². The molecule has 0 radical (unpaired) electrons. The molecule has 0 aliphatic rings. The zero-order chi connectivity index (χ0) is 14.5. The number of carbonyl (C=O) groups is 1. The third-order valence-electron chi connectivity index (χ3n) is 2.89. The van der Waals surface area contributed by atoms with E-state index in [9.17, 15) is 15.0 Å². The van der Waals surface area contributed by atoms with Gasteiger partial charge in [0.25, 0.3) is 5.91 Å². The third kappa shape index (κ3) is 3.29. The maximum atomic E-state index is 12.1. The number of hydrogen-bond donors (Lipinski definition) is 3. The second-order valence-electron chi connectivity index (χ2n) is 4.28. The van der Waals surface area contributed by atoms with E-state index in [2.05, 4.69) is 5.32 Å². The van der Waals surface area contributed by atoms with Crippen molar-refractivity contribution < 1.29 is 15.0 Å². The molecular formula is C15H14ClNO3. The quantitative estimate of drug-likeness (QED) is 0.811. The van der Waals surface area contributed by atoms with E-state index in [4.69, 9.17) is 11.6 Å². The minimum Gasteiger partial charge on any atom is -0.507 e. The van der Waals surface area contributed by atoms with Crippen LogP contribution in [0.15, 0.2) is 48.5 Å². The summed E-state index contributed by atoms with van der Waals surface area (Å²) in [5.74, 6) is -0.665. The third-order valence-corrected chi connectivity index (χ3v) is 3.13. The molecule has 104 valence electrons. The van der Waals surface area contributed by atoms with Gasteiger partial charge in [0.2, 0.25) is 0 Å². The van der Waals surface area contributed by atoms with Crippen LogP contribution < -0.4 is 5.32 Å². The van der Waals surface area contributed by atoms with Crippen LogP contribution in [-0.2, 0) is 0 Å². The van der Waals surface area contributed by atoms with Gasteiger partial charge in [-0.25, -0.2) is 0 Å². The Morgan fingerprint density at radius 2 is 1.90 bits per heavy atom. The van der Waals surface area contributed by atoms with Gasteiger partial charge in [0.15, 0.2) is 0 Å². The van der Waals surface area contributed by atoms with Gasteiger partial charge in [0.1, 0.15) is 5.75 Å². The molecule has 0 saturated heterocycles. The summed E-state index contributed by atoms with van der Waals surface area (Å²) in [5, 5.41) is 22.1. The molecule has 3 N–H and O–H groups in total. The van der Waals surface area contributed by atoms with Crippen molar-refractivity contribution in [1.29, 1.82) is 0 Å². The molecule has 2 aromatic carbocycles. The van der Waals surface area contributed by atoms with Crippen molar-refractivity contribution >= 4 is 17.5 Å². The molecule has 0 aliphatic heterocycles. The maximum Gasteiger partial charge on any atom is 0.255 e. The van der Waals surface area contributed by atoms with Crippen LogP contribution >= 0.6 is 11.6 Å². The molecule has 2 rings (SSSR count). The molecule has 2 aromatic rings. The minimum atomic E-state index is -0.529. The number of rotatable bonds is 4. The van der Waals surface area contributed by atoms with Crippen molar-refractivity contribution in [2.24, 2.45) is 0 Å². The number of aliphatic hydroxyl groups excluding tert-OH is 1. The van der Waals surface area contributed by atoms with Crippen LogP contribution in [-0.4, -0.2) is 22.7 Å². The molecular weight excluding hydrogens is 278 g/mol. The zero-order valence-electron chi connectivity index (χ0n) is 10.6. The molecule has 0 aromatic heterocycles. The summed E-state index contributed by atoms with van der Waals surface area (Å²) in [7, 11) is 0. The highest BCUT2D eigenvalue weighted by atomic mass is 35.5. The highest BCUT2D eigenvalue weighted by Crippen LogP contribution is 2.22. The van der Waals surface area contributed by atoms with Gasteiger partial charge < -0.3 is 15.5 Å². The average Bonchev–Trinajstić information content (AvgIpc) is 2.45. The molecule has 0 unspecified atom stereocenters. The number of benzene rings is 2. The first-order chi connectivity index (χ1) is 9.61. The minimum absolute atomic E-state index is 0.115. The predicted molar refractivity (Wildman–Crippen MR) is 76.9 cm³/mol. The number of aromatic hydroxyl groups is 1. The van der Waals surface area contributed by atoms with Gasteiger partial charge in [-0.2, -0.15) is 0 Å². The number of phenols is 1. The molecule has 0 heterocycles. The van der Waals surface area contributed by atoms with Gasteiger partial charge in [-0.1, -0.05) is 41.9 Å². The number of phenolic OH excluding ortho intramolecular Hbond substituents is 1. The number of halogens is 1. The lowest BCUT2D eigenvalue weighted by molar-refractivity contribution is 0.0913. The lowest BCUT2D eigenvalue weighted by Gasteiger charge is -2.17. The van der Waals surface area contributed by atoms with E-state index in [0.717, 1.165) is 5.56 Å². The van der Waals surface area contributed by atoms with E-state index in [0.29, 0.717) is 5.02 Å². The summed E-state index contributed by atoms with van der Waals surface area (Å²) in [5.41, 5.74) is 0.903. The molecule has 0 fully saturated rings. The van der Waals surface area contributed by atoms with Crippen LogP contribution in [0.2, 0.25) is 5.02 Å². The summed E-state index contributed by atoms with van der Waals surface area (Å²) in [6, 6.07) is 12.8. The van der Waals surface area contributed by atoms with Crippen LogP contribution in [0.5, 0.6) is 5.75 Å². The fourth-order valence-corrected chi connectivity index (χ4v) is 2.02. The van der Waals surface area contributed by atoms with Crippen molar-refractivity contribution in [3.63, 3.8) is 0 Å². The van der Waals surface area contributed by atoms with E-state index in [1.807, 2.05) is 30.3 Å². The molecule has 0 spiro atoms. The zero-order valence-corrected chi connectivity index (χ0v) is 11.3. The number of carbonyl (C=O) groups excluding carboxylic acids is 1. The van der Waals surface area contributed by atoms with Gasteiger partial charge in [0, 0.05) is 5.02 Å². The van der Waals surface area contributed by atoms with E-state index in [1.165, 1.54) is 18.2 Å². The Hall–Kier alpha value is -2.04. The van der Waals surface area contributed by atoms with Crippen molar-refractivity contribution in [3.8, 4) is 5.75 Å². The summed E-state index contributed by atoms with van der Waals surface area (Å²) in [6.45, 7) is -0.232. The summed E-state index contributed by atoms with van der Waals surface area (Å²) in [4.78, 5) is 12.1. The van der Waals surface area contributed by atoms with E-state index >= 15 is 0 Å². The number of amides is 1. The average molecular weight is 292 g/mol. The fraction of sp³-hybridized carbons (Fsp3) is 0.133. The normalized spacial score (nSPS) is 11.9. The van der Waals surface area contributed by atoms with E-state index in [-0.39, 0.29) is 17.9 Å². The van der Waals surface area contributed by atoms with Gasteiger partial charge >= 0.3 is 0 Å². The van der Waals surface area contributed by atoms with Crippen LogP contribution in [0.1, 0.15) is 22.0 Å². The lowest BCUT2D eigenvalue weighted by atomic mass is 10.1. The van der Waals surface area contributed by atoms with Crippen LogP contribution in [0.25, 0.3) is 0 Å². The molecule has 20 heavy (non-hydrogen) atoms. The predicted octanol–water partition coefficient (Wildman–Crippen LogP) is 2.51. The molecule has 1 atom stereocenters. The molecule has 0 bridgehead atoms. The van der Waals surface area contributed by atoms with Crippen LogP contribution in [0.4, 0.5) is 0 Å². The highest BCUT2D eigenvalue weighted by Gasteiger charge is 2.17. The number of nitrogens with one attached hydrogen (secondary N) is 1. The molecule has 1 amide bonds. The fourth-order valence-electron chi connectivity index (χ4n) is 1.85. The topological polar surface area (TPSA) is 69.6 Å². The van der Waals surface area contributed by atoms with Crippen LogP contribution in [0, 0.1) is 0 Å². The monoisotopic (exact) mass is 291 g/mol. The largest absolute Gasteiger partial charge is 0.507 e. The highest BCUT2D eigenvalue weighted by molar-refractivity contribution is 6.30. The summed E-state index contributed by atoms with van der Waals surface area (Å²) in [6.07, 6.45) is 0. The van der Waals surface area contributed by atoms with Crippen molar-refractivity contribution in [2.75, 3.05) is 6.61 Å². The summed E-state index contributed by atoms with van der Waals surface area (Å²) >= 11 is 5.72. The number of hydrogen-bond acceptors (Lipinski definition) is 3. The summed E-state index contributed by atoms with van der Waals surface area (Å²) < 4.78 is 0.